The summed E-state index contributed by atoms with van der Waals surface area (Å²) in [4.78, 5) is 14.3. The van der Waals surface area contributed by atoms with Crippen LogP contribution in [0, 0.1) is 12.8 Å². The molecule has 5 nitrogen and oxygen atoms in total. The lowest BCUT2D eigenvalue weighted by atomic mass is 10.00. The maximum Gasteiger partial charge on any atom is 0.232 e. The van der Waals surface area contributed by atoms with Crippen LogP contribution < -0.4 is 4.31 Å². The number of benzene rings is 1. The normalized spacial score (nSPS) is 18.2. The summed E-state index contributed by atoms with van der Waals surface area (Å²) in [6.45, 7) is 5.90. The summed E-state index contributed by atoms with van der Waals surface area (Å²) in [5.74, 6) is 0.655. The number of hydrogen-bond acceptors (Lipinski definition) is 3. The molecule has 2 rings (SSSR count). The highest BCUT2D eigenvalue weighted by atomic mass is 35.5. The number of rotatable bonds is 6. The SMILES string of the molecule is Cc1ccc(Cl)cc1N(CCCC(=O)N1CCC[C@H](C)C1)S(C)(=O)=O. The number of sulfonamides is 1. The molecule has 1 amide bonds. The molecule has 140 valence electrons. The van der Waals surface area contributed by atoms with Crippen molar-refractivity contribution in [1.82, 2.24) is 4.90 Å². The lowest BCUT2D eigenvalue weighted by molar-refractivity contribution is -0.132. The van der Waals surface area contributed by atoms with Crippen molar-refractivity contribution in [2.45, 2.75) is 39.5 Å². The van der Waals surface area contributed by atoms with Crippen molar-refractivity contribution in [3.8, 4) is 0 Å². The molecule has 0 radical (unpaired) electrons. The van der Waals surface area contributed by atoms with Crippen molar-refractivity contribution in [2.24, 2.45) is 5.92 Å². The molecule has 7 heteroatoms. The Morgan fingerprint density at radius 2 is 2.12 bits per heavy atom. The monoisotopic (exact) mass is 386 g/mol. The molecule has 1 heterocycles. The topological polar surface area (TPSA) is 57.7 Å². The molecule has 0 saturated carbocycles. The minimum atomic E-state index is -3.44. The number of likely N-dealkylation sites (tertiary alicyclic amines) is 1. The quantitative estimate of drug-likeness (QED) is 0.752. The molecule has 1 aromatic rings. The third kappa shape index (κ3) is 5.61. The zero-order valence-electron chi connectivity index (χ0n) is 15.2. The van der Waals surface area contributed by atoms with Crippen LogP contribution in [0.25, 0.3) is 0 Å². The predicted molar refractivity (Wildman–Crippen MR) is 103 cm³/mol. The number of anilines is 1. The molecule has 0 aliphatic carbocycles. The van der Waals surface area contributed by atoms with E-state index in [0.29, 0.717) is 29.5 Å². The third-order valence-electron chi connectivity index (χ3n) is 4.60. The summed E-state index contributed by atoms with van der Waals surface area (Å²) in [7, 11) is -3.44. The zero-order valence-corrected chi connectivity index (χ0v) is 16.7. The van der Waals surface area contributed by atoms with Gasteiger partial charge in [-0.05, 0) is 49.8 Å². The van der Waals surface area contributed by atoms with Gasteiger partial charge in [0, 0.05) is 31.1 Å². The fourth-order valence-electron chi connectivity index (χ4n) is 3.26. The molecular weight excluding hydrogens is 360 g/mol. The first-order valence-corrected chi connectivity index (χ1v) is 10.9. The van der Waals surface area contributed by atoms with Crippen molar-refractivity contribution in [3.05, 3.63) is 28.8 Å². The Morgan fingerprint density at radius 1 is 1.40 bits per heavy atom. The van der Waals surface area contributed by atoms with Gasteiger partial charge in [0.05, 0.1) is 11.9 Å². The van der Waals surface area contributed by atoms with E-state index in [1.165, 1.54) is 17.0 Å². The van der Waals surface area contributed by atoms with Crippen LogP contribution in [0.1, 0.15) is 38.2 Å². The van der Waals surface area contributed by atoms with Gasteiger partial charge in [-0.1, -0.05) is 24.6 Å². The van der Waals surface area contributed by atoms with Gasteiger partial charge in [0.15, 0.2) is 0 Å². The van der Waals surface area contributed by atoms with Crippen molar-refractivity contribution in [1.29, 1.82) is 0 Å². The summed E-state index contributed by atoms with van der Waals surface area (Å²) in [6, 6.07) is 5.20. The molecule has 1 aromatic carbocycles. The Labute approximate surface area is 156 Å². The van der Waals surface area contributed by atoms with Crippen molar-refractivity contribution in [2.75, 3.05) is 30.2 Å². The number of hydrogen-bond donors (Lipinski definition) is 0. The molecule has 1 saturated heterocycles. The Kier molecular flexibility index (Phi) is 6.74. The first kappa shape index (κ1) is 20.0. The second-order valence-corrected chi connectivity index (χ2v) is 9.30. The molecule has 0 aromatic heterocycles. The maximum absolute atomic E-state index is 12.4. The Bertz CT molecular complexity index is 721. The highest BCUT2D eigenvalue weighted by Crippen LogP contribution is 2.27. The molecule has 0 spiro atoms. The predicted octanol–water partition coefficient (Wildman–Crippen LogP) is 3.45. The minimum Gasteiger partial charge on any atom is -0.342 e. The van der Waals surface area contributed by atoms with E-state index in [0.717, 1.165) is 25.1 Å². The van der Waals surface area contributed by atoms with E-state index in [1.807, 2.05) is 11.8 Å². The molecule has 1 aliphatic rings. The van der Waals surface area contributed by atoms with Crippen LogP contribution in [-0.2, 0) is 14.8 Å². The Morgan fingerprint density at radius 3 is 2.76 bits per heavy atom. The van der Waals surface area contributed by atoms with Gasteiger partial charge in [-0.25, -0.2) is 8.42 Å². The van der Waals surface area contributed by atoms with Crippen LogP contribution in [0.15, 0.2) is 18.2 Å². The Hall–Kier alpha value is -1.27. The average molecular weight is 387 g/mol. The van der Waals surface area contributed by atoms with E-state index < -0.39 is 10.0 Å². The summed E-state index contributed by atoms with van der Waals surface area (Å²) in [5, 5.41) is 0.493. The molecule has 1 fully saturated rings. The van der Waals surface area contributed by atoms with Gasteiger partial charge >= 0.3 is 0 Å². The van der Waals surface area contributed by atoms with Crippen LogP contribution in [0.5, 0.6) is 0 Å². The van der Waals surface area contributed by atoms with Gasteiger partial charge in [0.1, 0.15) is 0 Å². The third-order valence-corrected chi connectivity index (χ3v) is 6.02. The molecule has 0 unspecified atom stereocenters. The van der Waals surface area contributed by atoms with Gasteiger partial charge in [0.2, 0.25) is 15.9 Å². The Balaban J connectivity index is 2.02. The molecule has 1 aliphatic heterocycles. The summed E-state index contributed by atoms with van der Waals surface area (Å²) in [5.41, 5.74) is 1.42. The number of amides is 1. The van der Waals surface area contributed by atoms with Gasteiger partial charge in [-0.3, -0.25) is 9.10 Å². The zero-order chi connectivity index (χ0) is 18.6. The second-order valence-electron chi connectivity index (χ2n) is 6.96. The van der Waals surface area contributed by atoms with E-state index >= 15 is 0 Å². The van der Waals surface area contributed by atoms with Crippen LogP contribution >= 0.6 is 11.6 Å². The van der Waals surface area contributed by atoms with E-state index in [4.69, 9.17) is 11.6 Å². The van der Waals surface area contributed by atoms with E-state index in [1.54, 1.807) is 18.2 Å². The van der Waals surface area contributed by atoms with Crippen molar-refractivity contribution >= 4 is 33.2 Å². The van der Waals surface area contributed by atoms with Crippen LogP contribution in [0.4, 0.5) is 5.69 Å². The van der Waals surface area contributed by atoms with Gasteiger partial charge in [-0.15, -0.1) is 0 Å². The highest BCUT2D eigenvalue weighted by Gasteiger charge is 2.23. The standard InChI is InChI=1S/C18H27ClN2O3S/c1-14-6-4-10-20(13-14)18(22)7-5-11-21(25(3,23)24)17-12-16(19)9-8-15(17)2/h8-9,12,14H,4-7,10-11,13H2,1-3H3/t14-/m0/s1. The largest absolute Gasteiger partial charge is 0.342 e. The summed E-state index contributed by atoms with van der Waals surface area (Å²) >= 11 is 6.03. The van der Waals surface area contributed by atoms with Crippen molar-refractivity contribution in [3.63, 3.8) is 0 Å². The first-order chi connectivity index (χ1) is 11.7. The molecule has 1 atom stereocenters. The lowest BCUT2D eigenvalue weighted by Crippen LogP contribution is -2.39. The maximum atomic E-state index is 12.4. The number of piperidine rings is 1. The van der Waals surface area contributed by atoms with Crippen LogP contribution in [0.3, 0.4) is 0 Å². The second kappa shape index (κ2) is 8.41. The molecule has 0 N–H and O–H groups in total. The average Bonchev–Trinajstić information content (AvgIpc) is 2.53. The van der Waals surface area contributed by atoms with E-state index in [-0.39, 0.29) is 12.5 Å². The molecular formula is C18H27ClN2O3S. The smallest absolute Gasteiger partial charge is 0.232 e. The molecule has 25 heavy (non-hydrogen) atoms. The van der Waals surface area contributed by atoms with Crippen molar-refractivity contribution < 1.29 is 13.2 Å². The van der Waals surface area contributed by atoms with E-state index in [2.05, 4.69) is 6.92 Å². The van der Waals surface area contributed by atoms with Gasteiger partial charge < -0.3 is 4.90 Å². The van der Waals surface area contributed by atoms with Crippen LogP contribution in [-0.4, -0.2) is 45.1 Å². The summed E-state index contributed by atoms with van der Waals surface area (Å²) in [6.07, 6.45) is 4.24. The first-order valence-electron chi connectivity index (χ1n) is 8.70. The number of aryl methyl sites for hydroxylation is 1. The number of nitrogens with zero attached hydrogens (tertiary/aromatic N) is 2. The lowest BCUT2D eigenvalue weighted by Gasteiger charge is -2.31. The van der Waals surface area contributed by atoms with Gasteiger partial charge in [-0.2, -0.15) is 0 Å². The number of halogens is 1. The van der Waals surface area contributed by atoms with Gasteiger partial charge in [0.25, 0.3) is 0 Å². The number of carbonyl (C=O) groups is 1. The van der Waals surface area contributed by atoms with Crippen LogP contribution in [0.2, 0.25) is 5.02 Å². The number of carbonyl (C=O) groups excluding carboxylic acids is 1. The minimum absolute atomic E-state index is 0.114. The van der Waals surface area contributed by atoms with E-state index in [9.17, 15) is 13.2 Å². The fourth-order valence-corrected chi connectivity index (χ4v) is 4.45. The summed E-state index contributed by atoms with van der Waals surface area (Å²) < 4.78 is 25.8. The fraction of sp³-hybridized carbons (Fsp3) is 0.611. The molecule has 0 bridgehead atoms. The highest BCUT2D eigenvalue weighted by molar-refractivity contribution is 7.92.